The summed E-state index contributed by atoms with van der Waals surface area (Å²) >= 11 is -0.377. The lowest BCUT2D eigenvalue weighted by Gasteiger charge is -1.77. The summed E-state index contributed by atoms with van der Waals surface area (Å²) < 4.78 is 11.4. The number of carboxylic acid groups (broad SMARTS) is 1. The van der Waals surface area contributed by atoms with Gasteiger partial charge in [0.15, 0.2) is 6.09 Å². The summed E-state index contributed by atoms with van der Waals surface area (Å²) in [6.45, 7) is 0. The number of hydrogen-bond donors (Lipinski definition) is 0. The van der Waals surface area contributed by atoms with Crippen LogP contribution in [0.4, 0.5) is 4.79 Å². The molecule has 0 aromatic heterocycles. The van der Waals surface area contributed by atoms with Gasteiger partial charge in [-0.2, -0.15) is 4.21 Å². The number of amides is 1. The average molecular weight is 106 g/mol. The first-order valence-corrected chi connectivity index (χ1v) is 1.68. The molecule has 0 aliphatic heterocycles. The lowest BCUT2D eigenvalue weighted by atomic mass is 11.3. The van der Waals surface area contributed by atoms with Gasteiger partial charge in [0.2, 0.25) is 11.5 Å². The van der Waals surface area contributed by atoms with E-state index in [1.54, 1.807) is 0 Å². The van der Waals surface area contributed by atoms with Crippen molar-refractivity contribution in [3.05, 3.63) is 0 Å². The van der Waals surface area contributed by atoms with Gasteiger partial charge in [0, 0.05) is 0 Å². The molecule has 1 amide bonds. The monoisotopic (exact) mass is 106 g/mol. The average Bonchev–Trinajstić information content (AvgIpc) is 1.35. The van der Waals surface area contributed by atoms with Crippen molar-refractivity contribution in [2.75, 3.05) is 0 Å². The maximum Gasteiger partial charge on any atom is 0.206 e. The minimum atomic E-state index is -1.69. The Hall–Kier alpha value is -0.710. The third-order valence-corrected chi connectivity index (χ3v) is 0.335. The van der Waals surface area contributed by atoms with E-state index < -0.39 is 6.09 Å². The Morgan fingerprint density at radius 1 is 1.83 bits per heavy atom. The molecule has 5 heteroatoms. The zero-order chi connectivity index (χ0) is 4.99. The van der Waals surface area contributed by atoms with E-state index in [1.807, 2.05) is 0 Å². The van der Waals surface area contributed by atoms with Crippen molar-refractivity contribution in [3.8, 4) is 0 Å². The van der Waals surface area contributed by atoms with Crippen LogP contribution in [0.25, 0.3) is 0 Å². The highest BCUT2D eigenvalue weighted by atomic mass is 32.1. The fourth-order valence-electron chi connectivity index (χ4n) is 0.0304. The highest BCUT2D eigenvalue weighted by Crippen LogP contribution is 1.56. The topological polar surface area (TPSA) is 69.6 Å². The third kappa shape index (κ3) is 3.29. The number of rotatable bonds is 0. The number of carbonyl (C=O) groups is 1. The first-order valence-electron chi connectivity index (χ1n) is 0.981. The summed E-state index contributed by atoms with van der Waals surface area (Å²) in [5, 5.41) is 9.10. The Kier molecular flexibility index (Phi) is 2.22. The molecule has 34 valence electrons. The van der Waals surface area contributed by atoms with E-state index in [9.17, 15) is 0 Å². The van der Waals surface area contributed by atoms with Crippen LogP contribution in [-0.2, 0) is 11.5 Å². The van der Waals surface area contributed by atoms with Crippen LogP contribution in [0.2, 0.25) is 0 Å². The zero-order valence-corrected chi connectivity index (χ0v) is 3.40. The minimum absolute atomic E-state index is 0.377. The van der Waals surface area contributed by atoms with Crippen molar-refractivity contribution in [2.45, 2.75) is 0 Å². The molecule has 4 nitrogen and oxygen atoms in total. The van der Waals surface area contributed by atoms with Crippen LogP contribution < -0.4 is 5.11 Å². The predicted octanol–water partition coefficient (Wildman–Crippen LogP) is -1.27. The van der Waals surface area contributed by atoms with Crippen LogP contribution in [-0.4, -0.2) is 10.3 Å². The smallest absolute Gasteiger partial charge is 0.206 e. The molecule has 0 heterocycles. The van der Waals surface area contributed by atoms with Crippen molar-refractivity contribution in [1.82, 2.24) is 0 Å². The molecule has 0 atom stereocenters. The number of nitrogens with zero attached hydrogens (tertiary/aromatic N) is 1. The van der Waals surface area contributed by atoms with E-state index >= 15 is 0 Å². The van der Waals surface area contributed by atoms with Gasteiger partial charge >= 0.3 is 0 Å². The van der Waals surface area contributed by atoms with Crippen molar-refractivity contribution in [1.29, 1.82) is 0 Å². The molecule has 0 aliphatic carbocycles. The van der Waals surface area contributed by atoms with Gasteiger partial charge in [0.1, 0.15) is 0 Å². The second-order valence-electron chi connectivity index (χ2n) is 0.432. The van der Waals surface area contributed by atoms with Crippen molar-refractivity contribution in [3.63, 3.8) is 0 Å². The van der Waals surface area contributed by atoms with Gasteiger partial charge in [0.25, 0.3) is 0 Å². The van der Waals surface area contributed by atoms with Gasteiger partial charge in [-0.05, 0) is 0 Å². The van der Waals surface area contributed by atoms with E-state index in [0.29, 0.717) is 0 Å². The van der Waals surface area contributed by atoms with Gasteiger partial charge in [-0.1, -0.05) is 0 Å². The number of hydrogen-bond acceptors (Lipinski definition) is 3. The quantitative estimate of drug-likeness (QED) is 0.386. The van der Waals surface area contributed by atoms with Crippen LogP contribution in [0, 0.1) is 0 Å². The van der Waals surface area contributed by atoms with Gasteiger partial charge in [0.05, 0.1) is 0 Å². The molecule has 0 aromatic carbocycles. The first-order chi connectivity index (χ1) is 2.77. The van der Waals surface area contributed by atoms with E-state index in [4.69, 9.17) is 14.1 Å². The fourth-order valence-corrected chi connectivity index (χ4v) is 0.0913. The van der Waals surface area contributed by atoms with Gasteiger partial charge in [-0.25, -0.2) is 0 Å². The molecule has 0 rings (SSSR count). The summed E-state index contributed by atoms with van der Waals surface area (Å²) in [6.07, 6.45) is -1.69. The lowest BCUT2D eigenvalue weighted by molar-refractivity contribution is -0.244. The van der Waals surface area contributed by atoms with Crippen LogP contribution in [0.1, 0.15) is 0 Å². The molecule has 0 saturated carbocycles. The molecule has 0 spiro atoms. The fraction of sp³-hybridized carbons (Fsp3) is 0. The molecule has 0 saturated heterocycles. The van der Waals surface area contributed by atoms with Crippen LogP contribution in [0.15, 0.2) is 4.36 Å². The SMILES string of the molecule is O=S=NC(=O)[O-]. The zero-order valence-electron chi connectivity index (χ0n) is 2.58. The Balaban J connectivity index is 3.60. The Morgan fingerprint density at radius 3 is 2.33 bits per heavy atom. The molecular weight excluding hydrogens is 106 g/mol. The molecule has 0 fully saturated rings. The Morgan fingerprint density at radius 2 is 2.33 bits per heavy atom. The summed E-state index contributed by atoms with van der Waals surface area (Å²) in [5.74, 6) is 0. The molecule has 0 aromatic rings. The van der Waals surface area contributed by atoms with Crippen molar-refractivity contribution in [2.24, 2.45) is 4.36 Å². The molecular formula is CNO3S-. The van der Waals surface area contributed by atoms with Crippen LogP contribution in [0.3, 0.4) is 0 Å². The third-order valence-electron chi connectivity index (χ3n) is 0.112. The van der Waals surface area contributed by atoms with E-state index in [0.717, 1.165) is 0 Å². The first kappa shape index (κ1) is 5.29. The second kappa shape index (κ2) is 2.52. The standard InChI is InChI=1S/CHNO3S/c3-1(4)2-6-5/h(H,3,4)/p-1. The largest absolute Gasteiger partial charge is 0.528 e. The molecule has 0 unspecified atom stereocenters. The Bertz CT molecular complexity index is 103. The molecule has 0 aliphatic rings. The summed E-state index contributed by atoms with van der Waals surface area (Å²) in [4.78, 5) is 9.10. The van der Waals surface area contributed by atoms with E-state index in [-0.39, 0.29) is 11.5 Å². The van der Waals surface area contributed by atoms with Crippen LogP contribution >= 0.6 is 0 Å². The minimum Gasteiger partial charge on any atom is -0.528 e. The molecule has 0 N–H and O–H groups in total. The molecule has 0 bridgehead atoms. The van der Waals surface area contributed by atoms with E-state index in [1.165, 1.54) is 0 Å². The van der Waals surface area contributed by atoms with Crippen molar-refractivity contribution >= 4 is 17.6 Å². The summed E-state index contributed by atoms with van der Waals surface area (Å²) in [5.41, 5.74) is 0. The lowest BCUT2D eigenvalue weighted by Crippen LogP contribution is -2.15. The molecule has 0 radical (unpaired) electrons. The maximum atomic E-state index is 9.10. The predicted molar refractivity (Wildman–Crippen MR) is 16.0 cm³/mol. The van der Waals surface area contributed by atoms with Crippen LogP contribution in [0.5, 0.6) is 0 Å². The van der Waals surface area contributed by atoms with Gasteiger partial charge in [-0.3, -0.25) is 0 Å². The highest BCUT2D eigenvalue weighted by molar-refractivity contribution is 7.55. The van der Waals surface area contributed by atoms with E-state index in [2.05, 4.69) is 4.36 Å². The number of carbonyl (C=O) groups excluding carboxylic acids is 1. The molecule has 6 heavy (non-hydrogen) atoms. The second-order valence-corrected chi connectivity index (χ2v) is 0.763. The van der Waals surface area contributed by atoms with Crippen molar-refractivity contribution < 1.29 is 14.1 Å². The normalized spacial score (nSPS) is 6.67. The summed E-state index contributed by atoms with van der Waals surface area (Å²) in [7, 11) is 0. The highest BCUT2D eigenvalue weighted by Gasteiger charge is 1.63. The van der Waals surface area contributed by atoms with Gasteiger partial charge < -0.3 is 9.90 Å². The maximum absolute atomic E-state index is 9.10. The Labute approximate surface area is 37.0 Å². The summed E-state index contributed by atoms with van der Waals surface area (Å²) in [6, 6.07) is 0. The van der Waals surface area contributed by atoms with Gasteiger partial charge in [-0.15, -0.1) is 4.36 Å².